The van der Waals surface area contributed by atoms with Crippen LogP contribution in [0.25, 0.3) is 0 Å². The normalized spacial score (nSPS) is 23.3. The van der Waals surface area contributed by atoms with Crippen molar-refractivity contribution in [1.29, 1.82) is 0 Å². The summed E-state index contributed by atoms with van der Waals surface area (Å²) < 4.78 is 0. The largest absolute Gasteiger partial charge is 0.354 e. The van der Waals surface area contributed by atoms with E-state index < -0.39 is 6.04 Å². The van der Waals surface area contributed by atoms with Crippen LogP contribution in [0.1, 0.15) is 63.5 Å². The molecule has 5 rings (SSSR count). The van der Waals surface area contributed by atoms with Gasteiger partial charge < -0.3 is 16.0 Å². The fourth-order valence-corrected chi connectivity index (χ4v) is 7.79. The SMILES string of the molecule is Cc1ccc(CN(Cc2cccs2)C2CCN(C(=O)c3cccnc3)[C@@H](C(=O)NCC3CCC(CN)CC3)C2)s1. The summed E-state index contributed by atoms with van der Waals surface area (Å²) in [6.45, 7) is 5.79. The van der Waals surface area contributed by atoms with Gasteiger partial charge in [0.15, 0.2) is 0 Å². The molecule has 1 saturated carbocycles. The van der Waals surface area contributed by atoms with Crippen LogP contribution < -0.4 is 11.1 Å². The van der Waals surface area contributed by atoms with Gasteiger partial charge in [0.1, 0.15) is 6.04 Å². The van der Waals surface area contributed by atoms with Crippen molar-refractivity contribution in [2.75, 3.05) is 19.6 Å². The number of nitrogens with two attached hydrogens (primary N) is 1. The molecule has 7 nitrogen and oxygen atoms in total. The second-order valence-corrected chi connectivity index (χ2v) is 13.7. The highest BCUT2D eigenvalue weighted by atomic mass is 32.1. The number of thiophene rings is 2. The standard InChI is InChI=1S/C31H41N5O2S2/c1-22-6-11-28(40-22)21-35(20-27-5-3-15-39-27)26-12-14-36(31(38)25-4-2-13-33-19-25)29(16-26)30(37)34-18-24-9-7-23(17-32)8-10-24/h2-6,11,13,15,19,23-24,26,29H,7-10,12,14,16-18,20-21,32H2,1H3,(H,34,37)/t23?,24?,26?,29-/m1/s1. The van der Waals surface area contributed by atoms with Crippen LogP contribution >= 0.6 is 22.7 Å². The Balaban J connectivity index is 1.32. The van der Waals surface area contributed by atoms with E-state index in [0.29, 0.717) is 36.9 Å². The molecule has 2 aliphatic rings. The van der Waals surface area contributed by atoms with Gasteiger partial charge in [-0.2, -0.15) is 0 Å². The topological polar surface area (TPSA) is 91.6 Å². The molecule has 2 amide bonds. The highest BCUT2D eigenvalue weighted by Gasteiger charge is 2.39. The number of piperidine rings is 1. The number of nitrogens with one attached hydrogen (secondary N) is 1. The monoisotopic (exact) mass is 579 g/mol. The average Bonchev–Trinajstić information content (AvgIpc) is 3.67. The molecule has 0 aromatic carbocycles. The van der Waals surface area contributed by atoms with Crippen LogP contribution in [0.2, 0.25) is 0 Å². The van der Waals surface area contributed by atoms with Crippen molar-refractivity contribution in [3.63, 3.8) is 0 Å². The number of carbonyl (C=O) groups excluding carboxylic acids is 2. The van der Waals surface area contributed by atoms with Gasteiger partial charge in [0.05, 0.1) is 5.56 Å². The van der Waals surface area contributed by atoms with Crippen LogP contribution in [0.3, 0.4) is 0 Å². The van der Waals surface area contributed by atoms with Crippen molar-refractivity contribution in [1.82, 2.24) is 20.1 Å². The number of amides is 2. The van der Waals surface area contributed by atoms with E-state index in [1.807, 2.05) is 11.3 Å². The van der Waals surface area contributed by atoms with Crippen molar-refractivity contribution in [2.45, 2.75) is 70.6 Å². The first-order valence-corrected chi connectivity index (χ1v) is 16.2. The van der Waals surface area contributed by atoms with E-state index in [0.717, 1.165) is 51.7 Å². The first-order chi connectivity index (χ1) is 19.5. The zero-order valence-electron chi connectivity index (χ0n) is 23.3. The third-order valence-corrected chi connectivity index (χ3v) is 10.4. The summed E-state index contributed by atoms with van der Waals surface area (Å²) in [5.41, 5.74) is 6.41. The average molecular weight is 580 g/mol. The predicted molar refractivity (Wildman–Crippen MR) is 162 cm³/mol. The van der Waals surface area contributed by atoms with Crippen molar-refractivity contribution >= 4 is 34.5 Å². The summed E-state index contributed by atoms with van der Waals surface area (Å²) in [5.74, 6) is 0.936. The maximum Gasteiger partial charge on any atom is 0.256 e. The van der Waals surface area contributed by atoms with E-state index in [-0.39, 0.29) is 17.9 Å². The molecule has 1 unspecified atom stereocenters. The van der Waals surface area contributed by atoms with Crippen LogP contribution in [0.5, 0.6) is 0 Å². The highest BCUT2D eigenvalue weighted by molar-refractivity contribution is 7.11. The Bertz CT molecular complexity index is 1220. The molecular weight excluding hydrogens is 539 g/mol. The fourth-order valence-electron chi connectivity index (χ4n) is 6.15. The predicted octanol–water partition coefficient (Wildman–Crippen LogP) is 5.07. The molecule has 2 fully saturated rings. The maximum atomic E-state index is 13.8. The lowest BCUT2D eigenvalue weighted by Gasteiger charge is -2.43. The molecule has 1 aliphatic heterocycles. The van der Waals surface area contributed by atoms with E-state index in [1.54, 1.807) is 40.8 Å². The molecule has 9 heteroatoms. The number of hydrogen-bond donors (Lipinski definition) is 2. The van der Waals surface area contributed by atoms with Crippen LogP contribution in [-0.2, 0) is 17.9 Å². The second kappa shape index (κ2) is 13.9. The van der Waals surface area contributed by atoms with Gasteiger partial charge in [-0.25, -0.2) is 0 Å². The summed E-state index contributed by atoms with van der Waals surface area (Å²) in [6, 6.07) is 11.9. The van der Waals surface area contributed by atoms with Gasteiger partial charge in [-0.3, -0.25) is 19.5 Å². The number of pyridine rings is 1. The van der Waals surface area contributed by atoms with Crippen molar-refractivity contribution in [3.05, 3.63) is 74.4 Å². The minimum absolute atomic E-state index is 0.0362. The number of hydrogen-bond acceptors (Lipinski definition) is 7. The number of aryl methyl sites for hydroxylation is 1. The van der Waals surface area contributed by atoms with Crippen LogP contribution in [0.15, 0.2) is 54.2 Å². The zero-order valence-corrected chi connectivity index (χ0v) is 25.0. The number of aromatic nitrogens is 1. The van der Waals surface area contributed by atoms with E-state index in [2.05, 4.69) is 51.8 Å². The number of rotatable bonds is 10. The van der Waals surface area contributed by atoms with Crippen LogP contribution in [0.4, 0.5) is 0 Å². The summed E-state index contributed by atoms with van der Waals surface area (Å²) >= 11 is 3.60. The Labute approximate surface area is 245 Å². The van der Waals surface area contributed by atoms with E-state index in [1.165, 1.54) is 14.6 Å². The first kappa shape index (κ1) is 28.9. The molecule has 4 heterocycles. The van der Waals surface area contributed by atoms with Crippen LogP contribution in [0, 0.1) is 18.8 Å². The quantitative estimate of drug-likeness (QED) is 0.350. The van der Waals surface area contributed by atoms with E-state index >= 15 is 0 Å². The summed E-state index contributed by atoms with van der Waals surface area (Å²) in [4.78, 5) is 39.8. The lowest BCUT2D eigenvalue weighted by Crippen LogP contribution is -2.57. The molecule has 3 aromatic rings. The summed E-state index contributed by atoms with van der Waals surface area (Å²) in [7, 11) is 0. The lowest BCUT2D eigenvalue weighted by molar-refractivity contribution is -0.128. The second-order valence-electron chi connectivity index (χ2n) is 11.3. The molecule has 3 aromatic heterocycles. The van der Waals surface area contributed by atoms with Crippen LogP contribution in [-0.4, -0.2) is 58.3 Å². The van der Waals surface area contributed by atoms with Gasteiger partial charge in [0.25, 0.3) is 5.91 Å². The molecular formula is C31H41N5O2S2. The van der Waals surface area contributed by atoms with Gasteiger partial charge in [-0.05, 0) is 99.5 Å². The molecule has 0 radical (unpaired) electrons. The Morgan fingerprint density at radius 1 is 1.05 bits per heavy atom. The molecule has 214 valence electrons. The van der Waals surface area contributed by atoms with Crippen molar-refractivity contribution < 1.29 is 9.59 Å². The first-order valence-electron chi connectivity index (χ1n) is 14.5. The van der Waals surface area contributed by atoms with Gasteiger partial charge in [0.2, 0.25) is 5.91 Å². The number of likely N-dealkylation sites (tertiary alicyclic amines) is 1. The van der Waals surface area contributed by atoms with Crippen molar-refractivity contribution in [2.24, 2.45) is 17.6 Å². The number of carbonyl (C=O) groups is 2. The zero-order chi connectivity index (χ0) is 27.9. The van der Waals surface area contributed by atoms with Crippen molar-refractivity contribution in [3.8, 4) is 0 Å². The molecule has 0 spiro atoms. The minimum atomic E-state index is -0.511. The van der Waals surface area contributed by atoms with Gasteiger partial charge in [-0.15, -0.1) is 22.7 Å². The summed E-state index contributed by atoms with van der Waals surface area (Å²) in [6.07, 6.45) is 9.18. The fraction of sp³-hybridized carbons (Fsp3) is 0.516. The van der Waals surface area contributed by atoms with E-state index in [4.69, 9.17) is 5.73 Å². The lowest BCUT2D eigenvalue weighted by atomic mass is 9.82. The molecule has 1 saturated heterocycles. The van der Waals surface area contributed by atoms with Gasteiger partial charge >= 0.3 is 0 Å². The smallest absolute Gasteiger partial charge is 0.256 e. The third kappa shape index (κ3) is 7.37. The Kier molecular flexibility index (Phi) is 10.0. The molecule has 40 heavy (non-hydrogen) atoms. The molecule has 3 N–H and O–H groups in total. The highest BCUT2D eigenvalue weighted by Crippen LogP contribution is 2.30. The molecule has 1 aliphatic carbocycles. The molecule has 2 atom stereocenters. The number of nitrogens with zero attached hydrogens (tertiary/aromatic N) is 3. The maximum absolute atomic E-state index is 13.8. The minimum Gasteiger partial charge on any atom is -0.354 e. The molecule has 0 bridgehead atoms. The van der Waals surface area contributed by atoms with Gasteiger partial charge in [-0.1, -0.05) is 6.07 Å². The Hall–Kier alpha value is -2.59. The Morgan fingerprint density at radius 3 is 2.52 bits per heavy atom. The Morgan fingerprint density at radius 2 is 1.85 bits per heavy atom. The van der Waals surface area contributed by atoms with E-state index in [9.17, 15) is 9.59 Å². The third-order valence-electron chi connectivity index (χ3n) is 8.52. The summed E-state index contributed by atoms with van der Waals surface area (Å²) in [5, 5.41) is 5.38. The van der Waals surface area contributed by atoms with Gasteiger partial charge in [0, 0.05) is 59.2 Å².